The van der Waals surface area contributed by atoms with E-state index in [9.17, 15) is 4.79 Å². The lowest BCUT2D eigenvalue weighted by atomic mass is 9.80. The highest BCUT2D eigenvalue weighted by Crippen LogP contribution is 2.41. The number of ether oxygens (including phenoxy) is 5. The molecule has 276 valence electrons. The third-order valence-corrected chi connectivity index (χ3v) is 9.73. The molecule has 0 aliphatic heterocycles. The van der Waals surface area contributed by atoms with Crippen molar-refractivity contribution < 1.29 is 23.7 Å². The van der Waals surface area contributed by atoms with Crippen molar-refractivity contribution in [2.24, 2.45) is 13.0 Å². The van der Waals surface area contributed by atoms with Gasteiger partial charge in [-0.05, 0) is 64.2 Å². The highest BCUT2D eigenvalue weighted by molar-refractivity contribution is 5.79. The number of aryl methyl sites for hydroxylation is 3. The fourth-order valence-electron chi connectivity index (χ4n) is 6.68. The Morgan fingerprint density at radius 1 is 0.755 bits per heavy atom. The second-order valence-electron chi connectivity index (χ2n) is 13.1. The zero-order chi connectivity index (χ0) is 37.4. The van der Waals surface area contributed by atoms with Gasteiger partial charge < -0.3 is 28.3 Å². The van der Waals surface area contributed by atoms with Crippen LogP contribution in [0.2, 0.25) is 0 Å². The third-order valence-electron chi connectivity index (χ3n) is 9.73. The van der Waals surface area contributed by atoms with Crippen LogP contribution in [0.5, 0.6) is 0 Å². The van der Waals surface area contributed by atoms with Crippen molar-refractivity contribution in [3.63, 3.8) is 0 Å². The van der Waals surface area contributed by atoms with Crippen LogP contribution in [0.1, 0.15) is 34.7 Å². The summed E-state index contributed by atoms with van der Waals surface area (Å²) in [5, 5.41) is 11.8. The van der Waals surface area contributed by atoms with Crippen LogP contribution in [0.3, 0.4) is 0 Å². The van der Waals surface area contributed by atoms with E-state index in [-0.39, 0.29) is 49.7 Å². The fraction of sp³-hybridized carbons (Fsp3) is 0.341. The molecule has 4 aromatic carbocycles. The highest BCUT2D eigenvalue weighted by atomic mass is 16.7. The van der Waals surface area contributed by atoms with Crippen molar-refractivity contribution in [2.75, 3.05) is 34.4 Å². The average molecular weight is 719 g/mol. The first-order valence-corrected chi connectivity index (χ1v) is 17.5. The first kappa shape index (κ1) is 37.6. The predicted molar refractivity (Wildman–Crippen MR) is 201 cm³/mol. The van der Waals surface area contributed by atoms with E-state index in [1.54, 1.807) is 25.8 Å². The molecule has 12 heteroatoms. The summed E-state index contributed by atoms with van der Waals surface area (Å²) in [5.74, 6) is -0.0815. The Labute approximate surface area is 309 Å². The topological polar surface area (TPSA) is 125 Å². The Morgan fingerprint density at radius 3 is 1.79 bits per heavy atom. The van der Waals surface area contributed by atoms with Crippen molar-refractivity contribution in [3.05, 3.63) is 141 Å². The van der Waals surface area contributed by atoms with Gasteiger partial charge >= 0.3 is 0 Å². The number of hydrogen-bond donors (Lipinski definition) is 0. The molecule has 0 saturated carbocycles. The SMILES string of the molecule is COCO[C@@H](Cn1c(=O)c(-c2nnnn2C)nc2cc(C)c(C)cc21)[C@H](C)[C@@H](COC(c1ccccc1)(c1ccccc1)c1ccccc1)OCOC. The summed E-state index contributed by atoms with van der Waals surface area (Å²) in [7, 11) is 4.83. The maximum Gasteiger partial charge on any atom is 0.281 e. The molecule has 2 heterocycles. The van der Waals surface area contributed by atoms with Crippen molar-refractivity contribution in [1.29, 1.82) is 0 Å². The van der Waals surface area contributed by atoms with Gasteiger partial charge in [-0.15, -0.1) is 5.10 Å². The normalized spacial score (nSPS) is 13.6. The molecule has 0 saturated heterocycles. The van der Waals surface area contributed by atoms with Gasteiger partial charge in [0, 0.05) is 27.2 Å². The number of hydrogen-bond acceptors (Lipinski definition) is 10. The number of tetrazole rings is 1. The zero-order valence-corrected chi connectivity index (χ0v) is 31.0. The molecule has 0 amide bonds. The molecule has 0 fully saturated rings. The molecule has 3 atom stereocenters. The molecule has 0 aliphatic rings. The van der Waals surface area contributed by atoms with Crippen LogP contribution in [-0.2, 0) is 42.9 Å². The summed E-state index contributed by atoms with van der Waals surface area (Å²) in [5.41, 5.74) is 5.08. The van der Waals surface area contributed by atoms with E-state index in [4.69, 9.17) is 28.7 Å². The van der Waals surface area contributed by atoms with Crippen LogP contribution in [0, 0.1) is 19.8 Å². The van der Waals surface area contributed by atoms with Gasteiger partial charge in [0.05, 0.1) is 36.4 Å². The van der Waals surface area contributed by atoms with E-state index < -0.39 is 17.8 Å². The first-order valence-electron chi connectivity index (χ1n) is 17.5. The lowest BCUT2D eigenvalue weighted by Gasteiger charge is -2.38. The van der Waals surface area contributed by atoms with Crippen LogP contribution in [-0.4, -0.2) is 76.4 Å². The molecule has 0 N–H and O–H groups in total. The molecule has 53 heavy (non-hydrogen) atoms. The van der Waals surface area contributed by atoms with Gasteiger partial charge in [-0.25, -0.2) is 9.67 Å². The van der Waals surface area contributed by atoms with E-state index in [2.05, 4.69) is 51.9 Å². The molecule has 2 aromatic heterocycles. The standard InChI is InChI=1S/C41H46N6O6/c1-28-22-34-35(23-29(28)2)47(40(48)38(42-34)39-43-44-45-46(39)4)24-36(51-26-49-5)30(3)37(52-27-50-6)25-53-41(31-16-10-7-11-17-31,32-18-12-8-13-19-32)33-20-14-9-15-21-33/h7-23,30,36-37H,24-27H2,1-6H3/t30-,36-,37+/m0/s1. The molecule has 0 unspecified atom stereocenters. The van der Waals surface area contributed by atoms with Gasteiger partial charge in [0.25, 0.3) is 5.56 Å². The number of nitrogens with zero attached hydrogens (tertiary/aromatic N) is 6. The monoisotopic (exact) mass is 718 g/mol. The quantitative estimate of drug-likeness (QED) is 0.0841. The second-order valence-corrected chi connectivity index (χ2v) is 13.1. The van der Waals surface area contributed by atoms with Crippen LogP contribution < -0.4 is 5.56 Å². The minimum absolute atomic E-state index is 0.00912. The predicted octanol–water partition coefficient (Wildman–Crippen LogP) is 5.83. The van der Waals surface area contributed by atoms with Crippen molar-refractivity contribution >= 4 is 11.0 Å². The first-order chi connectivity index (χ1) is 25.8. The molecule has 0 bridgehead atoms. The molecule has 0 aliphatic carbocycles. The van der Waals surface area contributed by atoms with Crippen LogP contribution in [0.4, 0.5) is 0 Å². The van der Waals surface area contributed by atoms with Gasteiger partial charge in [-0.2, -0.15) is 0 Å². The van der Waals surface area contributed by atoms with Crippen LogP contribution in [0.15, 0.2) is 108 Å². The Balaban J connectivity index is 1.43. The Hall–Kier alpha value is -5.11. The van der Waals surface area contributed by atoms with Crippen molar-refractivity contribution in [1.82, 2.24) is 29.8 Å². The van der Waals surface area contributed by atoms with Crippen molar-refractivity contribution in [2.45, 2.75) is 45.1 Å². The average Bonchev–Trinajstić information content (AvgIpc) is 3.62. The summed E-state index contributed by atoms with van der Waals surface area (Å²) in [6, 6.07) is 34.5. The molecular weight excluding hydrogens is 672 g/mol. The summed E-state index contributed by atoms with van der Waals surface area (Å²) < 4.78 is 34.0. The third kappa shape index (κ3) is 7.97. The van der Waals surface area contributed by atoms with Crippen LogP contribution in [0.25, 0.3) is 22.6 Å². The van der Waals surface area contributed by atoms with Gasteiger partial charge in [0.2, 0.25) is 5.82 Å². The number of rotatable bonds is 17. The maximum atomic E-state index is 14.4. The lowest BCUT2D eigenvalue weighted by Crippen LogP contribution is -2.44. The van der Waals surface area contributed by atoms with E-state index in [0.717, 1.165) is 27.8 Å². The van der Waals surface area contributed by atoms with Gasteiger partial charge in [-0.3, -0.25) is 4.79 Å². The van der Waals surface area contributed by atoms with Gasteiger partial charge in [0.15, 0.2) is 5.69 Å². The number of methoxy groups -OCH3 is 2. The van der Waals surface area contributed by atoms with Gasteiger partial charge in [0.1, 0.15) is 19.2 Å². The molecular formula is C41H46N6O6. The fourth-order valence-corrected chi connectivity index (χ4v) is 6.68. The van der Waals surface area contributed by atoms with E-state index >= 15 is 0 Å². The Bertz CT molecular complexity index is 2040. The number of fused-ring (bicyclic) bond motifs is 1. The Kier molecular flexibility index (Phi) is 12.2. The summed E-state index contributed by atoms with van der Waals surface area (Å²) >= 11 is 0. The van der Waals surface area contributed by atoms with Crippen LogP contribution >= 0.6 is 0 Å². The van der Waals surface area contributed by atoms with E-state index in [0.29, 0.717) is 11.0 Å². The molecule has 6 rings (SSSR count). The maximum absolute atomic E-state index is 14.4. The molecule has 12 nitrogen and oxygen atoms in total. The molecule has 0 radical (unpaired) electrons. The summed E-state index contributed by atoms with van der Waals surface area (Å²) in [6.07, 6.45) is -1.14. The zero-order valence-electron chi connectivity index (χ0n) is 31.0. The lowest BCUT2D eigenvalue weighted by molar-refractivity contribution is -0.166. The highest BCUT2D eigenvalue weighted by Gasteiger charge is 2.40. The smallest absolute Gasteiger partial charge is 0.281 e. The minimum atomic E-state index is -0.978. The van der Waals surface area contributed by atoms with E-state index in [1.807, 2.05) is 87.5 Å². The largest absolute Gasteiger partial charge is 0.359 e. The number of aromatic nitrogens is 6. The van der Waals surface area contributed by atoms with E-state index in [1.165, 1.54) is 4.68 Å². The minimum Gasteiger partial charge on any atom is -0.359 e. The number of benzene rings is 4. The molecule has 6 aromatic rings. The molecule has 0 spiro atoms. The second kappa shape index (κ2) is 17.1. The summed E-state index contributed by atoms with van der Waals surface area (Å²) in [6.45, 7) is 6.36. The Morgan fingerprint density at radius 2 is 1.28 bits per heavy atom. The van der Waals surface area contributed by atoms with Crippen molar-refractivity contribution in [3.8, 4) is 11.5 Å². The van der Waals surface area contributed by atoms with Gasteiger partial charge in [-0.1, -0.05) is 97.9 Å². The summed E-state index contributed by atoms with van der Waals surface area (Å²) in [4.78, 5) is 19.1.